The van der Waals surface area contributed by atoms with Gasteiger partial charge in [0.25, 0.3) is 5.91 Å². The summed E-state index contributed by atoms with van der Waals surface area (Å²) in [6.45, 7) is 0.707. The number of halogens is 1. The second-order valence-corrected chi connectivity index (χ2v) is 6.63. The van der Waals surface area contributed by atoms with Gasteiger partial charge in [0, 0.05) is 23.4 Å². The topological polar surface area (TPSA) is 32.3 Å². The number of hydrogen-bond acceptors (Lipinski definition) is 4. The van der Waals surface area contributed by atoms with Gasteiger partial charge in [-0.3, -0.25) is 4.79 Å². The summed E-state index contributed by atoms with van der Waals surface area (Å²) in [7, 11) is 7.01. The van der Waals surface area contributed by atoms with Crippen molar-refractivity contribution in [3.63, 3.8) is 0 Å². The molecule has 114 valence electrons. The lowest BCUT2D eigenvalue weighted by Gasteiger charge is -2.19. The fourth-order valence-electron chi connectivity index (χ4n) is 2.65. The molecular weight excluding hydrogens is 336 g/mol. The van der Waals surface area contributed by atoms with Crippen LogP contribution in [0, 0.1) is 0 Å². The van der Waals surface area contributed by atoms with Gasteiger partial charge < -0.3 is 9.62 Å². The van der Waals surface area contributed by atoms with Crippen molar-refractivity contribution >= 4 is 50.9 Å². The van der Waals surface area contributed by atoms with E-state index in [1.807, 2.05) is 47.6 Å². The van der Waals surface area contributed by atoms with Crippen molar-refractivity contribution in [2.75, 3.05) is 22.4 Å². The second kappa shape index (κ2) is 6.86. The molecule has 1 amide bonds. The van der Waals surface area contributed by atoms with Gasteiger partial charge in [-0.05, 0) is 64.0 Å². The standard InChI is InChI=1S/C16H15ClN2OS2/c1-21-18-14-5-3-2-4-13(14)16(20)19-9-8-11-10-12(22-17)6-7-15(11)19/h2-7,10,18H,8-9H2,1H3. The summed E-state index contributed by atoms with van der Waals surface area (Å²) in [5, 5.41) is 0. The van der Waals surface area contributed by atoms with E-state index in [0.717, 1.165) is 22.7 Å². The van der Waals surface area contributed by atoms with Crippen molar-refractivity contribution in [1.82, 2.24) is 0 Å². The third kappa shape index (κ3) is 2.93. The minimum atomic E-state index is 0.0298. The number of amides is 1. The van der Waals surface area contributed by atoms with Crippen LogP contribution in [0.1, 0.15) is 15.9 Å². The number of fused-ring (bicyclic) bond motifs is 1. The highest BCUT2D eigenvalue weighted by Gasteiger charge is 2.27. The molecule has 2 aromatic carbocycles. The minimum absolute atomic E-state index is 0.0298. The normalized spacial score (nSPS) is 13.1. The molecule has 3 nitrogen and oxygen atoms in total. The van der Waals surface area contributed by atoms with Crippen molar-refractivity contribution in [1.29, 1.82) is 0 Å². The van der Waals surface area contributed by atoms with Crippen molar-refractivity contribution in [2.45, 2.75) is 11.3 Å². The first-order chi connectivity index (χ1) is 10.7. The molecule has 1 aliphatic rings. The quantitative estimate of drug-likeness (QED) is 0.801. The highest BCUT2D eigenvalue weighted by atomic mass is 35.7. The molecule has 0 spiro atoms. The smallest absolute Gasteiger partial charge is 0.260 e. The van der Waals surface area contributed by atoms with Crippen LogP contribution in [-0.4, -0.2) is 18.7 Å². The van der Waals surface area contributed by atoms with Crippen LogP contribution in [0.5, 0.6) is 0 Å². The summed E-state index contributed by atoms with van der Waals surface area (Å²) >= 11 is 1.48. The lowest BCUT2D eigenvalue weighted by Crippen LogP contribution is -2.29. The number of rotatable bonds is 4. The van der Waals surface area contributed by atoms with Crippen molar-refractivity contribution < 1.29 is 4.79 Å². The first kappa shape index (κ1) is 15.6. The van der Waals surface area contributed by atoms with Gasteiger partial charge in [0.2, 0.25) is 0 Å². The Balaban J connectivity index is 1.93. The van der Waals surface area contributed by atoms with E-state index >= 15 is 0 Å². The fourth-order valence-corrected chi connectivity index (χ4v) is 3.64. The molecule has 6 heteroatoms. The van der Waals surface area contributed by atoms with Gasteiger partial charge in [-0.2, -0.15) is 0 Å². The molecule has 0 atom stereocenters. The van der Waals surface area contributed by atoms with Gasteiger partial charge in [0.15, 0.2) is 0 Å². The number of anilines is 2. The van der Waals surface area contributed by atoms with E-state index in [1.54, 1.807) is 0 Å². The predicted octanol–water partition coefficient (Wildman–Crippen LogP) is 4.83. The number of hydrogen-bond donors (Lipinski definition) is 1. The molecule has 1 aliphatic heterocycles. The zero-order chi connectivity index (χ0) is 15.5. The van der Waals surface area contributed by atoms with Crippen molar-refractivity contribution in [2.24, 2.45) is 0 Å². The van der Waals surface area contributed by atoms with Gasteiger partial charge >= 0.3 is 0 Å². The summed E-state index contributed by atoms with van der Waals surface area (Å²) in [4.78, 5) is 15.8. The lowest BCUT2D eigenvalue weighted by atomic mass is 10.1. The average molecular weight is 351 g/mol. The van der Waals surface area contributed by atoms with E-state index < -0.39 is 0 Å². The Morgan fingerprint density at radius 2 is 2.09 bits per heavy atom. The Morgan fingerprint density at radius 3 is 2.86 bits per heavy atom. The number of carbonyl (C=O) groups is 1. The predicted molar refractivity (Wildman–Crippen MR) is 97.1 cm³/mol. The van der Waals surface area contributed by atoms with E-state index in [9.17, 15) is 4.79 Å². The second-order valence-electron chi connectivity index (χ2n) is 4.93. The zero-order valence-corrected chi connectivity index (χ0v) is 14.4. The first-order valence-corrected chi connectivity index (χ1v) is 9.72. The third-order valence-electron chi connectivity index (χ3n) is 3.65. The Kier molecular flexibility index (Phi) is 4.86. The molecule has 1 N–H and O–H groups in total. The third-order valence-corrected chi connectivity index (χ3v) is 5.04. The van der Waals surface area contributed by atoms with E-state index in [0.29, 0.717) is 12.1 Å². The van der Waals surface area contributed by atoms with Crippen LogP contribution in [0.2, 0.25) is 0 Å². The van der Waals surface area contributed by atoms with E-state index in [4.69, 9.17) is 10.7 Å². The highest BCUT2D eigenvalue weighted by molar-refractivity contribution is 8.21. The van der Waals surface area contributed by atoms with Gasteiger partial charge in [-0.15, -0.1) is 0 Å². The van der Waals surface area contributed by atoms with E-state index in [-0.39, 0.29) is 5.91 Å². The zero-order valence-electron chi connectivity index (χ0n) is 12.0. The van der Waals surface area contributed by atoms with Crippen LogP contribution in [0.3, 0.4) is 0 Å². The summed E-state index contributed by atoms with van der Waals surface area (Å²) in [6.07, 6.45) is 2.81. The SMILES string of the molecule is CSNc1ccccc1C(=O)N1CCc2cc(SCl)ccc21. The highest BCUT2D eigenvalue weighted by Crippen LogP contribution is 2.34. The van der Waals surface area contributed by atoms with Gasteiger partial charge in [0.1, 0.15) is 0 Å². The average Bonchev–Trinajstić information content (AvgIpc) is 2.98. The molecular formula is C16H15ClN2OS2. The van der Waals surface area contributed by atoms with Crippen LogP contribution in [0.15, 0.2) is 47.4 Å². The Hall–Kier alpha value is -1.30. The molecule has 0 saturated carbocycles. The molecule has 0 bridgehead atoms. The summed E-state index contributed by atoms with van der Waals surface area (Å²) in [5.41, 5.74) is 3.70. The maximum atomic E-state index is 12.9. The molecule has 0 aliphatic carbocycles. The monoisotopic (exact) mass is 350 g/mol. The van der Waals surface area contributed by atoms with Crippen LogP contribution in [-0.2, 0) is 6.42 Å². The molecule has 22 heavy (non-hydrogen) atoms. The first-order valence-electron chi connectivity index (χ1n) is 6.86. The largest absolute Gasteiger partial charge is 0.329 e. The number of benzene rings is 2. The van der Waals surface area contributed by atoms with Crippen LogP contribution in [0.4, 0.5) is 11.4 Å². The molecule has 0 saturated heterocycles. The molecule has 0 unspecified atom stereocenters. The fraction of sp³-hybridized carbons (Fsp3) is 0.188. The minimum Gasteiger partial charge on any atom is -0.329 e. The van der Waals surface area contributed by atoms with Crippen molar-refractivity contribution in [3.8, 4) is 0 Å². The van der Waals surface area contributed by atoms with Crippen molar-refractivity contribution in [3.05, 3.63) is 53.6 Å². The number of nitrogens with zero attached hydrogens (tertiary/aromatic N) is 1. The molecule has 0 aromatic heterocycles. The Morgan fingerprint density at radius 1 is 1.27 bits per heavy atom. The lowest BCUT2D eigenvalue weighted by molar-refractivity contribution is 0.0990. The van der Waals surface area contributed by atoms with Crippen LogP contribution < -0.4 is 9.62 Å². The maximum absolute atomic E-state index is 12.9. The van der Waals surface area contributed by atoms with Gasteiger partial charge in [-0.1, -0.05) is 24.1 Å². The number of carbonyl (C=O) groups excluding carboxylic acids is 1. The van der Waals surface area contributed by atoms with E-state index in [2.05, 4.69) is 10.8 Å². The van der Waals surface area contributed by atoms with Gasteiger partial charge in [0.05, 0.1) is 11.3 Å². The van der Waals surface area contributed by atoms with E-state index in [1.165, 1.54) is 28.5 Å². The van der Waals surface area contributed by atoms with Crippen LogP contribution >= 0.6 is 33.6 Å². The number of para-hydroxylation sites is 1. The molecule has 2 aromatic rings. The summed E-state index contributed by atoms with van der Waals surface area (Å²) in [6, 6.07) is 13.6. The molecule has 0 radical (unpaired) electrons. The Bertz CT molecular complexity index is 708. The molecule has 0 fully saturated rings. The maximum Gasteiger partial charge on any atom is 0.260 e. The number of nitrogens with one attached hydrogen (secondary N) is 1. The Labute approximate surface area is 143 Å². The molecule has 1 heterocycles. The van der Waals surface area contributed by atoms with Crippen LogP contribution in [0.25, 0.3) is 0 Å². The van der Waals surface area contributed by atoms with Gasteiger partial charge in [-0.25, -0.2) is 0 Å². The summed E-state index contributed by atoms with van der Waals surface area (Å²) in [5.74, 6) is 0.0298. The summed E-state index contributed by atoms with van der Waals surface area (Å²) < 4.78 is 3.17. The molecule has 3 rings (SSSR count).